The third kappa shape index (κ3) is 2.73. The molecule has 0 unspecified atom stereocenters. The maximum Gasteiger partial charge on any atom is 0.308 e. The van der Waals surface area contributed by atoms with E-state index in [9.17, 15) is 4.79 Å². The van der Waals surface area contributed by atoms with E-state index in [1.165, 1.54) is 11.3 Å². The minimum atomic E-state index is -0.821. The van der Waals surface area contributed by atoms with Gasteiger partial charge in [-0.2, -0.15) is 0 Å². The first-order chi connectivity index (χ1) is 8.58. The van der Waals surface area contributed by atoms with Crippen molar-refractivity contribution in [3.05, 3.63) is 35.1 Å². The molecule has 0 saturated heterocycles. The molecule has 5 heteroatoms. The van der Waals surface area contributed by atoms with Gasteiger partial charge in [0.05, 0.1) is 12.1 Å². The van der Waals surface area contributed by atoms with Crippen LogP contribution in [0.5, 0.6) is 0 Å². The fraction of sp³-hybridized carbons (Fsp3) is 0.308. The summed E-state index contributed by atoms with van der Waals surface area (Å²) < 4.78 is 0. The first-order valence-electron chi connectivity index (χ1n) is 5.69. The highest BCUT2D eigenvalue weighted by Gasteiger charge is 2.17. The first kappa shape index (κ1) is 12.7. The van der Waals surface area contributed by atoms with Gasteiger partial charge in [-0.25, -0.2) is 4.98 Å². The van der Waals surface area contributed by atoms with Crippen molar-refractivity contribution in [2.75, 3.05) is 0 Å². The van der Waals surface area contributed by atoms with E-state index in [2.05, 4.69) is 9.97 Å². The van der Waals surface area contributed by atoms with Gasteiger partial charge in [0.25, 0.3) is 0 Å². The van der Waals surface area contributed by atoms with E-state index in [0.29, 0.717) is 0 Å². The van der Waals surface area contributed by atoms with E-state index < -0.39 is 5.97 Å². The van der Waals surface area contributed by atoms with E-state index in [-0.39, 0.29) is 12.3 Å². The molecular weight excluding hydrogens is 248 g/mol. The summed E-state index contributed by atoms with van der Waals surface area (Å²) in [7, 11) is 0. The van der Waals surface area contributed by atoms with Crippen LogP contribution in [0.2, 0.25) is 0 Å². The standard InChI is InChI=1S/C13H14N2O2S/c1-8(2)12-10(6-11(16)17)18-13(15-12)9-4-3-5-14-7-9/h3-5,7-8H,6H2,1-2H3,(H,16,17). The van der Waals surface area contributed by atoms with Gasteiger partial charge in [0.15, 0.2) is 0 Å². The highest BCUT2D eigenvalue weighted by atomic mass is 32.1. The summed E-state index contributed by atoms with van der Waals surface area (Å²) in [6, 6.07) is 3.78. The number of nitrogens with zero attached hydrogens (tertiary/aromatic N) is 2. The molecule has 0 aliphatic heterocycles. The molecule has 0 aliphatic rings. The zero-order valence-electron chi connectivity index (χ0n) is 10.3. The lowest BCUT2D eigenvalue weighted by Crippen LogP contribution is -2.02. The summed E-state index contributed by atoms with van der Waals surface area (Å²) in [6.45, 7) is 4.04. The number of rotatable bonds is 4. The van der Waals surface area contributed by atoms with E-state index in [1.54, 1.807) is 12.4 Å². The summed E-state index contributed by atoms with van der Waals surface area (Å²) in [6.07, 6.45) is 3.48. The molecule has 1 N–H and O–H groups in total. The molecule has 0 radical (unpaired) electrons. The summed E-state index contributed by atoms with van der Waals surface area (Å²) in [5.74, 6) is -0.598. The maximum absolute atomic E-state index is 10.9. The number of hydrogen-bond donors (Lipinski definition) is 1. The van der Waals surface area contributed by atoms with E-state index in [0.717, 1.165) is 21.1 Å². The Labute approximate surface area is 109 Å². The molecule has 0 spiro atoms. The van der Waals surface area contributed by atoms with Crippen LogP contribution < -0.4 is 0 Å². The number of aliphatic carboxylic acids is 1. The zero-order valence-corrected chi connectivity index (χ0v) is 11.1. The number of carboxylic acid groups (broad SMARTS) is 1. The third-order valence-electron chi connectivity index (χ3n) is 2.49. The minimum absolute atomic E-state index is 0.0332. The number of aromatic nitrogens is 2. The second-order valence-electron chi connectivity index (χ2n) is 4.29. The van der Waals surface area contributed by atoms with Crippen LogP contribution in [-0.4, -0.2) is 21.0 Å². The van der Waals surface area contributed by atoms with Gasteiger partial charge >= 0.3 is 5.97 Å². The Morgan fingerprint density at radius 3 is 2.83 bits per heavy atom. The van der Waals surface area contributed by atoms with Crippen LogP contribution in [0.4, 0.5) is 0 Å². The Morgan fingerprint density at radius 2 is 2.28 bits per heavy atom. The van der Waals surface area contributed by atoms with Crippen molar-refractivity contribution in [2.45, 2.75) is 26.2 Å². The molecule has 0 fully saturated rings. The molecule has 18 heavy (non-hydrogen) atoms. The first-order valence-corrected chi connectivity index (χ1v) is 6.51. The SMILES string of the molecule is CC(C)c1nc(-c2cccnc2)sc1CC(=O)O. The second kappa shape index (κ2) is 5.27. The fourth-order valence-corrected chi connectivity index (χ4v) is 2.89. The minimum Gasteiger partial charge on any atom is -0.481 e. The molecule has 2 rings (SSSR count). The van der Waals surface area contributed by atoms with Gasteiger partial charge in [0.2, 0.25) is 0 Å². The molecule has 2 heterocycles. The molecule has 94 valence electrons. The maximum atomic E-state index is 10.9. The largest absolute Gasteiger partial charge is 0.481 e. The van der Waals surface area contributed by atoms with Crippen LogP contribution in [0.3, 0.4) is 0 Å². The topological polar surface area (TPSA) is 63.1 Å². The summed E-state index contributed by atoms with van der Waals surface area (Å²) in [5, 5.41) is 9.76. The van der Waals surface area contributed by atoms with Crippen LogP contribution >= 0.6 is 11.3 Å². The van der Waals surface area contributed by atoms with Crippen LogP contribution in [0.15, 0.2) is 24.5 Å². The van der Waals surface area contributed by atoms with E-state index in [1.807, 2.05) is 26.0 Å². The molecule has 0 saturated carbocycles. The van der Waals surface area contributed by atoms with Crippen LogP contribution in [0.25, 0.3) is 10.6 Å². The average Bonchev–Trinajstić information content (AvgIpc) is 2.73. The normalized spacial score (nSPS) is 10.8. The highest BCUT2D eigenvalue weighted by molar-refractivity contribution is 7.15. The van der Waals surface area contributed by atoms with Gasteiger partial charge in [-0.1, -0.05) is 13.8 Å². The zero-order chi connectivity index (χ0) is 13.1. The lowest BCUT2D eigenvalue weighted by atomic mass is 10.1. The number of pyridine rings is 1. The average molecular weight is 262 g/mol. The van der Waals surface area contributed by atoms with Crippen LogP contribution in [-0.2, 0) is 11.2 Å². The smallest absolute Gasteiger partial charge is 0.308 e. The third-order valence-corrected chi connectivity index (χ3v) is 3.61. The van der Waals surface area contributed by atoms with Crippen molar-refractivity contribution < 1.29 is 9.90 Å². The summed E-state index contributed by atoms with van der Waals surface area (Å²) in [5.41, 5.74) is 1.81. The highest BCUT2D eigenvalue weighted by Crippen LogP contribution is 2.31. The molecule has 0 aromatic carbocycles. The molecule has 0 bridgehead atoms. The Bertz CT molecular complexity index is 549. The Kier molecular flexibility index (Phi) is 3.72. The molecular formula is C13H14N2O2S. The van der Waals surface area contributed by atoms with Gasteiger partial charge in [-0.15, -0.1) is 11.3 Å². The van der Waals surface area contributed by atoms with Crippen LogP contribution in [0, 0.1) is 0 Å². The molecule has 0 atom stereocenters. The van der Waals surface area contributed by atoms with E-state index in [4.69, 9.17) is 5.11 Å². The second-order valence-corrected chi connectivity index (χ2v) is 5.38. The predicted molar refractivity (Wildman–Crippen MR) is 70.8 cm³/mol. The number of carboxylic acids is 1. The van der Waals surface area contributed by atoms with E-state index >= 15 is 0 Å². The molecule has 0 amide bonds. The van der Waals surface area contributed by atoms with Gasteiger partial charge < -0.3 is 5.11 Å². The number of hydrogen-bond acceptors (Lipinski definition) is 4. The predicted octanol–water partition coefficient (Wildman–Crippen LogP) is 2.96. The fourth-order valence-electron chi connectivity index (χ4n) is 1.69. The Hall–Kier alpha value is -1.75. The van der Waals surface area contributed by atoms with Crippen molar-refractivity contribution in [3.8, 4) is 10.6 Å². The van der Waals surface area contributed by atoms with Crippen molar-refractivity contribution in [2.24, 2.45) is 0 Å². The van der Waals surface area contributed by atoms with Crippen molar-refractivity contribution in [1.82, 2.24) is 9.97 Å². The molecule has 4 nitrogen and oxygen atoms in total. The van der Waals surface area contributed by atoms with Crippen molar-refractivity contribution in [1.29, 1.82) is 0 Å². The van der Waals surface area contributed by atoms with Crippen molar-refractivity contribution in [3.63, 3.8) is 0 Å². The van der Waals surface area contributed by atoms with Gasteiger partial charge in [-0.3, -0.25) is 9.78 Å². The number of thiazole rings is 1. The lowest BCUT2D eigenvalue weighted by Gasteiger charge is -2.02. The van der Waals surface area contributed by atoms with Gasteiger partial charge in [0.1, 0.15) is 5.01 Å². The Morgan fingerprint density at radius 1 is 1.50 bits per heavy atom. The Balaban J connectivity index is 2.42. The monoisotopic (exact) mass is 262 g/mol. The van der Waals surface area contributed by atoms with Gasteiger partial charge in [0, 0.05) is 22.8 Å². The summed E-state index contributed by atoms with van der Waals surface area (Å²) in [4.78, 5) is 20.3. The molecule has 2 aromatic heterocycles. The summed E-state index contributed by atoms with van der Waals surface area (Å²) >= 11 is 1.44. The lowest BCUT2D eigenvalue weighted by molar-refractivity contribution is -0.136. The quantitative estimate of drug-likeness (QED) is 0.920. The van der Waals surface area contributed by atoms with Gasteiger partial charge in [-0.05, 0) is 18.1 Å². The van der Waals surface area contributed by atoms with Crippen LogP contribution in [0.1, 0.15) is 30.3 Å². The van der Waals surface area contributed by atoms with Crippen molar-refractivity contribution >= 4 is 17.3 Å². The number of carbonyl (C=O) groups is 1. The molecule has 2 aromatic rings. The molecule has 0 aliphatic carbocycles.